The zero-order valence-electron chi connectivity index (χ0n) is 20.1. The summed E-state index contributed by atoms with van der Waals surface area (Å²) in [6.07, 6.45) is -0.336. The van der Waals surface area contributed by atoms with E-state index in [4.69, 9.17) is 21.4 Å². The topological polar surface area (TPSA) is 113 Å². The number of benzene rings is 2. The van der Waals surface area contributed by atoms with Crippen LogP contribution in [0.15, 0.2) is 53.4 Å². The van der Waals surface area contributed by atoms with Crippen molar-refractivity contribution in [3.63, 3.8) is 0 Å². The van der Waals surface area contributed by atoms with Crippen LogP contribution in [0.4, 0.5) is 4.39 Å². The van der Waals surface area contributed by atoms with Gasteiger partial charge in [0.25, 0.3) is 0 Å². The number of ether oxygens (including phenoxy) is 1. The van der Waals surface area contributed by atoms with E-state index in [9.17, 15) is 22.4 Å². The minimum absolute atomic E-state index is 0.0315. The first-order valence-corrected chi connectivity index (χ1v) is 13.4. The molecule has 0 aromatic heterocycles. The largest absolute Gasteiger partial charge is 0.494 e. The SMILES string of the molecule is CC(C)(CCCOc1ccc(Cl)cc1)C(=O)N[C@@H]1CCN(S(=O)(=O)c2ccc(C(=O)O)cc2)C[C@@H]1F. The van der Waals surface area contributed by atoms with Crippen LogP contribution in [0.2, 0.25) is 5.02 Å². The van der Waals surface area contributed by atoms with Gasteiger partial charge < -0.3 is 15.2 Å². The summed E-state index contributed by atoms with van der Waals surface area (Å²) in [5, 5.41) is 12.3. The van der Waals surface area contributed by atoms with Gasteiger partial charge in [0.05, 0.1) is 23.1 Å². The third kappa shape index (κ3) is 6.96. The Hall–Kier alpha value is -2.69. The van der Waals surface area contributed by atoms with Crippen LogP contribution in [0.1, 0.15) is 43.5 Å². The Labute approximate surface area is 215 Å². The summed E-state index contributed by atoms with van der Waals surface area (Å²) in [7, 11) is -3.99. The number of hydrogen-bond acceptors (Lipinski definition) is 5. The van der Waals surface area contributed by atoms with Crippen LogP contribution in [-0.2, 0) is 14.8 Å². The second kappa shape index (κ2) is 11.6. The highest BCUT2D eigenvalue weighted by atomic mass is 35.5. The molecule has 36 heavy (non-hydrogen) atoms. The van der Waals surface area contributed by atoms with Gasteiger partial charge >= 0.3 is 5.97 Å². The molecule has 2 atom stereocenters. The highest BCUT2D eigenvalue weighted by molar-refractivity contribution is 7.89. The molecule has 1 fully saturated rings. The van der Waals surface area contributed by atoms with Crippen LogP contribution >= 0.6 is 11.6 Å². The number of aromatic carboxylic acids is 1. The predicted octanol–water partition coefficient (Wildman–Crippen LogP) is 4.14. The summed E-state index contributed by atoms with van der Waals surface area (Å²) in [5.41, 5.74) is -0.809. The summed E-state index contributed by atoms with van der Waals surface area (Å²) in [4.78, 5) is 23.7. The van der Waals surface area contributed by atoms with Gasteiger partial charge in [-0.3, -0.25) is 4.79 Å². The normalized spacial score (nSPS) is 19.0. The summed E-state index contributed by atoms with van der Waals surface area (Å²) >= 11 is 5.85. The number of nitrogens with zero attached hydrogens (tertiary/aromatic N) is 1. The molecule has 1 saturated heterocycles. The average Bonchev–Trinajstić information content (AvgIpc) is 2.84. The molecule has 3 rings (SSSR count). The first-order chi connectivity index (χ1) is 16.9. The number of rotatable bonds is 10. The fraction of sp³-hybridized carbons (Fsp3) is 0.440. The smallest absolute Gasteiger partial charge is 0.335 e. The molecule has 196 valence electrons. The van der Waals surface area contributed by atoms with Crippen LogP contribution < -0.4 is 10.1 Å². The Morgan fingerprint density at radius 2 is 1.81 bits per heavy atom. The quantitative estimate of drug-likeness (QED) is 0.438. The second-order valence-corrected chi connectivity index (χ2v) is 11.7. The number of carbonyl (C=O) groups excluding carboxylic acids is 1. The number of piperidine rings is 1. The number of halogens is 2. The molecular weight excluding hydrogens is 511 g/mol. The fourth-order valence-corrected chi connectivity index (χ4v) is 5.48. The van der Waals surface area contributed by atoms with E-state index in [2.05, 4.69) is 5.32 Å². The van der Waals surface area contributed by atoms with Gasteiger partial charge in [0.1, 0.15) is 11.9 Å². The Bertz CT molecular complexity index is 1170. The van der Waals surface area contributed by atoms with Crippen molar-refractivity contribution in [2.24, 2.45) is 5.41 Å². The number of amides is 1. The molecule has 1 heterocycles. The zero-order valence-corrected chi connectivity index (χ0v) is 21.7. The summed E-state index contributed by atoms with van der Waals surface area (Å²) < 4.78 is 47.4. The molecule has 1 aliphatic heterocycles. The lowest BCUT2D eigenvalue weighted by Crippen LogP contribution is -2.55. The van der Waals surface area contributed by atoms with E-state index in [1.807, 2.05) is 0 Å². The van der Waals surface area contributed by atoms with Crippen molar-refractivity contribution in [3.05, 3.63) is 59.1 Å². The van der Waals surface area contributed by atoms with Crippen LogP contribution in [-0.4, -0.2) is 61.6 Å². The third-order valence-corrected chi connectivity index (χ3v) is 8.33. The van der Waals surface area contributed by atoms with Crippen molar-refractivity contribution in [2.75, 3.05) is 19.7 Å². The van der Waals surface area contributed by atoms with Crippen molar-refractivity contribution in [1.29, 1.82) is 0 Å². The summed E-state index contributed by atoms with van der Waals surface area (Å²) in [6.45, 7) is 3.59. The van der Waals surface area contributed by atoms with E-state index in [1.165, 1.54) is 24.3 Å². The van der Waals surface area contributed by atoms with Crippen LogP contribution in [0.5, 0.6) is 5.75 Å². The van der Waals surface area contributed by atoms with Crippen molar-refractivity contribution in [2.45, 2.75) is 50.2 Å². The summed E-state index contributed by atoms with van der Waals surface area (Å²) in [6, 6.07) is 11.0. The standard InChI is InChI=1S/C25H30ClFN2O6S/c1-25(2,13-3-15-35-19-8-6-18(26)7-9-19)24(32)28-22-12-14-29(16-21(22)27)36(33,34)20-10-4-17(5-11-20)23(30)31/h4-11,21-22H,3,12-16H2,1-2H3,(H,28,32)(H,30,31)/t21-,22+/m0/s1. The molecule has 2 N–H and O–H groups in total. The molecule has 11 heteroatoms. The minimum Gasteiger partial charge on any atom is -0.494 e. The number of nitrogens with one attached hydrogen (secondary N) is 1. The number of hydrogen-bond donors (Lipinski definition) is 2. The van der Waals surface area contributed by atoms with E-state index < -0.39 is 40.2 Å². The number of sulfonamides is 1. The number of alkyl halides is 1. The van der Waals surface area contributed by atoms with E-state index in [1.54, 1.807) is 38.1 Å². The Morgan fingerprint density at radius 3 is 2.39 bits per heavy atom. The molecule has 1 aliphatic rings. The summed E-state index contributed by atoms with van der Waals surface area (Å²) in [5.74, 6) is -0.792. The van der Waals surface area contributed by atoms with Crippen LogP contribution in [0, 0.1) is 5.41 Å². The lowest BCUT2D eigenvalue weighted by Gasteiger charge is -2.36. The number of carboxylic acid groups (broad SMARTS) is 1. The molecule has 8 nitrogen and oxygen atoms in total. The van der Waals surface area contributed by atoms with E-state index >= 15 is 0 Å². The van der Waals surface area contributed by atoms with E-state index in [-0.39, 0.29) is 29.3 Å². The van der Waals surface area contributed by atoms with Gasteiger partial charge in [0.15, 0.2) is 0 Å². The highest BCUT2D eigenvalue weighted by Crippen LogP contribution is 2.27. The molecule has 0 radical (unpaired) electrons. The monoisotopic (exact) mass is 540 g/mol. The lowest BCUT2D eigenvalue weighted by molar-refractivity contribution is -0.131. The first-order valence-electron chi connectivity index (χ1n) is 11.6. The molecule has 0 saturated carbocycles. The van der Waals surface area contributed by atoms with Gasteiger partial charge in [-0.15, -0.1) is 0 Å². The first kappa shape index (κ1) is 27.9. The molecule has 1 amide bonds. The molecule has 0 spiro atoms. The van der Waals surface area contributed by atoms with Gasteiger partial charge in [-0.1, -0.05) is 25.4 Å². The molecule has 0 bridgehead atoms. The molecule has 2 aromatic rings. The minimum atomic E-state index is -3.99. The maximum Gasteiger partial charge on any atom is 0.335 e. The highest BCUT2D eigenvalue weighted by Gasteiger charge is 2.38. The Balaban J connectivity index is 1.50. The van der Waals surface area contributed by atoms with E-state index in [0.29, 0.717) is 30.2 Å². The maximum atomic E-state index is 15.0. The van der Waals surface area contributed by atoms with Crippen LogP contribution in [0.25, 0.3) is 0 Å². The van der Waals surface area contributed by atoms with Gasteiger partial charge in [-0.2, -0.15) is 4.31 Å². The molecule has 0 unspecified atom stereocenters. The molecular formula is C25H30ClFN2O6S. The third-order valence-electron chi connectivity index (χ3n) is 6.20. The molecule has 0 aliphatic carbocycles. The van der Waals surface area contributed by atoms with E-state index in [0.717, 1.165) is 4.31 Å². The Kier molecular flexibility index (Phi) is 8.97. The van der Waals surface area contributed by atoms with Gasteiger partial charge in [0, 0.05) is 23.5 Å². The fourth-order valence-electron chi connectivity index (χ4n) is 3.89. The lowest BCUT2D eigenvalue weighted by atomic mass is 9.86. The van der Waals surface area contributed by atoms with Gasteiger partial charge in [0.2, 0.25) is 15.9 Å². The van der Waals surface area contributed by atoms with Gasteiger partial charge in [-0.05, 0) is 67.8 Å². The van der Waals surface area contributed by atoms with Crippen molar-refractivity contribution in [1.82, 2.24) is 9.62 Å². The van der Waals surface area contributed by atoms with Crippen molar-refractivity contribution >= 4 is 33.5 Å². The predicted molar refractivity (Wildman–Crippen MR) is 134 cm³/mol. The number of carbonyl (C=O) groups is 2. The maximum absolute atomic E-state index is 15.0. The molecule has 2 aromatic carbocycles. The van der Waals surface area contributed by atoms with Crippen LogP contribution in [0.3, 0.4) is 0 Å². The van der Waals surface area contributed by atoms with Crippen molar-refractivity contribution in [3.8, 4) is 5.75 Å². The second-order valence-electron chi connectivity index (χ2n) is 9.37. The Morgan fingerprint density at radius 1 is 1.17 bits per heavy atom. The average molecular weight is 541 g/mol. The van der Waals surface area contributed by atoms with Crippen molar-refractivity contribution < 1.29 is 32.2 Å². The number of carboxylic acids is 1. The zero-order chi connectivity index (χ0) is 26.5. The van der Waals surface area contributed by atoms with Gasteiger partial charge in [-0.25, -0.2) is 17.6 Å².